The van der Waals surface area contributed by atoms with E-state index in [1.807, 2.05) is 0 Å². The normalized spacial score (nSPS) is 8.43. The zero-order valence-electron chi connectivity index (χ0n) is 8.04. The molecule has 0 unspecified atom stereocenters. The lowest BCUT2D eigenvalue weighted by Gasteiger charge is -1.94. The van der Waals surface area contributed by atoms with Gasteiger partial charge in [-0.3, -0.25) is 4.79 Å². The zero-order chi connectivity index (χ0) is 10.6. The zero-order valence-corrected chi connectivity index (χ0v) is 8.04. The van der Waals surface area contributed by atoms with Crippen molar-refractivity contribution in [3.8, 4) is 23.7 Å². The largest absolute Gasteiger partial charge is 0.465 e. The van der Waals surface area contributed by atoms with Crippen LogP contribution < -0.4 is 0 Å². The van der Waals surface area contributed by atoms with E-state index in [1.165, 1.54) is 6.92 Å². The Hall–Kier alpha value is -1.71. The van der Waals surface area contributed by atoms with Gasteiger partial charge in [-0.1, -0.05) is 23.7 Å². The third-order valence-corrected chi connectivity index (χ3v) is 1.07. The van der Waals surface area contributed by atoms with Crippen LogP contribution in [-0.4, -0.2) is 24.3 Å². The SMILES string of the molecule is CC(=O)OCCC#C/C=C\C#CCO. The molecule has 0 saturated heterocycles. The number of aliphatic hydroxyl groups is 1. The number of esters is 1. The van der Waals surface area contributed by atoms with Gasteiger partial charge in [-0.15, -0.1) is 0 Å². The van der Waals surface area contributed by atoms with Crippen molar-refractivity contribution in [1.82, 2.24) is 0 Å². The fraction of sp³-hybridized carbons (Fsp3) is 0.364. The van der Waals surface area contributed by atoms with Crippen molar-refractivity contribution < 1.29 is 14.6 Å². The van der Waals surface area contributed by atoms with Gasteiger partial charge >= 0.3 is 5.97 Å². The topological polar surface area (TPSA) is 46.5 Å². The lowest BCUT2D eigenvalue weighted by Crippen LogP contribution is -1.98. The second-order valence-corrected chi connectivity index (χ2v) is 2.22. The maximum atomic E-state index is 10.3. The van der Waals surface area contributed by atoms with E-state index in [2.05, 4.69) is 28.4 Å². The lowest BCUT2D eigenvalue weighted by atomic mass is 10.4. The summed E-state index contributed by atoms with van der Waals surface area (Å²) in [7, 11) is 0. The Morgan fingerprint density at radius 3 is 2.57 bits per heavy atom. The predicted molar refractivity (Wildman–Crippen MR) is 53.0 cm³/mol. The molecule has 0 aliphatic rings. The monoisotopic (exact) mass is 192 g/mol. The Balaban J connectivity index is 3.53. The quantitative estimate of drug-likeness (QED) is 0.393. The summed E-state index contributed by atoms with van der Waals surface area (Å²) >= 11 is 0. The molecule has 3 heteroatoms. The number of allylic oxidation sites excluding steroid dienone is 2. The first-order valence-corrected chi connectivity index (χ1v) is 4.13. The number of carbonyl (C=O) groups is 1. The fourth-order valence-corrected chi connectivity index (χ4v) is 0.565. The molecule has 0 bridgehead atoms. The number of hydrogen-bond donors (Lipinski definition) is 1. The highest BCUT2D eigenvalue weighted by Crippen LogP contribution is 1.81. The Morgan fingerprint density at radius 1 is 1.36 bits per heavy atom. The molecule has 74 valence electrons. The highest BCUT2D eigenvalue weighted by molar-refractivity contribution is 5.65. The van der Waals surface area contributed by atoms with Gasteiger partial charge in [0.1, 0.15) is 13.2 Å². The molecule has 0 aromatic heterocycles. The molecule has 0 aromatic rings. The standard InChI is InChI=1S/C11H12O3/c1-11(13)14-10-8-6-4-2-3-5-7-9-12/h2-3,12H,8-10H2,1H3/b3-2-. The molecular weight excluding hydrogens is 180 g/mol. The molecule has 0 rings (SSSR count). The number of hydrogen-bond acceptors (Lipinski definition) is 3. The summed E-state index contributed by atoms with van der Waals surface area (Å²) < 4.78 is 4.66. The van der Waals surface area contributed by atoms with Crippen molar-refractivity contribution in [3.05, 3.63) is 12.2 Å². The van der Waals surface area contributed by atoms with E-state index in [0.717, 1.165) is 0 Å². The van der Waals surface area contributed by atoms with Crippen molar-refractivity contribution in [2.45, 2.75) is 13.3 Å². The van der Waals surface area contributed by atoms with Crippen LogP contribution in [0.1, 0.15) is 13.3 Å². The van der Waals surface area contributed by atoms with Crippen LogP contribution in [0.25, 0.3) is 0 Å². The third-order valence-electron chi connectivity index (χ3n) is 1.07. The summed E-state index contributed by atoms with van der Waals surface area (Å²) in [6.45, 7) is 1.53. The molecule has 0 radical (unpaired) electrons. The summed E-state index contributed by atoms with van der Waals surface area (Å²) in [5.41, 5.74) is 0. The van der Waals surface area contributed by atoms with Crippen molar-refractivity contribution in [3.63, 3.8) is 0 Å². The van der Waals surface area contributed by atoms with Crippen LogP contribution in [-0.2, 0) is 9.53 Å². The van der Waals surface area contributed by atoms with E-state index in [4.69, 9.17) is 5.11 Å². The number of carbonyl (C=O) groups excluding carboxylic acids is 1. The van der Waals surface area contributed by atoms with E-state index in [-0.39, 0.29) is 12.6 Å². The maximum absolute atomic E-state index is 10.3. The van der Waals surface area contributed by atoms with Gasteiger partial charge in [0.05, 0.1) is 0 Å². The van der Waals surface area contributed by atoms with Crippen molar-refractivity contribution in [1.29, 1.82) is 0 Å². The summed E-state index contributed by atoms with van der Waals surface area (Å²) in [6, 6.07) is 0. The molecule has 0 fully saturated rings. The summed E-state index contributed by atoms with van der Waals surface area (Å²) in [5, 5.41) is 8.30. The van der Waals surface area contributed by atoms with Crippen molar-refractivity contribution in [2.75, 3.05) is 13.2 Å². The highest BCUT2D eigenvalue weighted by Gasteiger charge is 1.87. The molecule has 0 heterocycles. The Bertz CT molecular complexity index is 307. The molecule has 0 spiro atoms. The molecule has 14 heavy (non-hydrogen) atoms. The number of rotatable bonds is 2. The van der Waals surface area contributed by atoms with E-state index >= 15 is 0 Å². The van der Waals surface area contributed by atoms with Crippen molar-refractivity contribution in [2.24, 2.45) is 0 Å². The van der Waals surface area contributed by atoms with E-state index < -0.39 is 0 Å². The van der Waals surface area contributed by atoms with Gasteiger partial charge in [-0.25, -0.2) is 0 Å². The first-order chi connectivity index (χ1) is 6.77. The lowest BCUT2D eigenvalue weighted by molar-refractivity contribution is -0.140. The summed E-state index contributed by atoms with van der Waals surface area (Å²) in [4.78, 5) is 10.3. The second kappa shape index (κ2) is 9.38. The molecule has 0 aromatic carbocycles. The van der Waals surface area contributed by atoms with Gasteiger partial charge in [0, 0.05) is 13.3 Å². The Morgan fingerprint density at radius 2 is 2.00 bits per heavy atom. The predicted octanol–water partition coefficient (Wildman–Crippen LogP) is 0.495. The molecule has 3 nitrogen and oxygen atoms in total. The van der Waals surface area contributed by atoms with Crippen LogP contribution >= 0.6 is 0 Å². The second-order valence-electron chi connectivity index (χ2n) is 2.22. The van der Waals surface area contributed by atoms with E-state index in [9.17, 15) is 4.79 Å². The van der Waals surface area contributed by atoms with Gasteiger partial charge in [0.25, 0.3) is 0 Å². The van der Waals surface area contributed by atoms with Crippen molar-refractivity contribution >= 4 is 5.97 Å². The molecular formula is C11H12O3. The first kappa shape index (κ1) is 12.3. The molecule has 0 aliphatic carbocycles. The maximum Gasteiger partial charge on any atom is 0.302 e. The van der Waals surface area contributed by atoms with Gasteiger partial charge in [0.2, 0.25) is 0 Å². The molecule has 0 atom stereocenters. The molecule has 1 N–H and O–H groups in total. The number of aliphatic hydroxyl groups excluding tert-OH is 1. The summed E-state index contributed by atoms with van der Waals surface area (Å²) in [5.74, 6) is 10.2. The van der Waals surface area contributed by atoms with Crippen LogP contribution in [0.2, 0.25) is 0 Å². The smallest absolute Gasteiger partial charge is 0.302 e. The van der Waals surface area contributed by atoms with Gasteiger partial charge in [-0.05, 0) is 12.2 Å². The fourth-order valence-electron chi connectivity index (χ4n) is 0.565. The van der Waals surface area contributed by atoms with E-state index in [0.29, 0.717) is 13.0 Å². The van der Waals surface area contributed by atoms with Gasteiger partial charge < -0.3 is 9.84 Å². The van der Waals surface area contributed by atoms with Crippen LogP contribution in [0.4, 0.5) is 0 Å². The third kappa shape index (κ3) is 10.3. The van der Waals surface area contributed by atoms with Gasteiger partial charge in [0.15, 0.2) is 0 Å². The minimum absolute atomic E-state index is 0.149. The minimum atomic E-state index is -0.295. The molecule has 0 amide bonds. The number of ether oxygens (including phenoxy) is 1. The minimum Gasteiger partial charge on any atom is -0.465 e. The van der Waals surface area contributed by atoms with Gasteiger partial charge in [-0.2, -0.15) is 0 Å². The van der Waals surface area contributed by atoms with Crippen LogP contribution in [0, 0.1) is 23.7 Å². The first-order valence-electron chi connectivity index (χ1n) is 4.13. The van der Waals surface area contributed by atoms with Crippen LogP contribution in [0.15, 0.2) is 12.2 Å². The Labute approximate surface area is 83.8 Å². The Kier molecular flexibility index (Phi) is 8.23. The highest BCUT2D eigenvalue weighted by atomic mass is 16.5. The molecule has 0 aliphatic heterocycles. The summed E-state index contributed by atoms with van der Waals surface area (Å²) in [6.07, 6.45) is 3.64. The van der Waals surface area contributed by atoms with Crippen LogP contribution in [0.5, 0.6) is 0 Å². The van der Waals surface area contributed by atoms with E-state index in [1.54, 1.807) is 12.2 Å². The average Bonchev–Trinajstić information content (AvgIpc) is 2.15. The molecule has 0 saturated carbocycles. The van der Waals surface area contributed by atoms with Crippen LogP contribution in [0.3, 0.4) is 0 Å². The average molecular weight is 192 g/mol.